The van der Waals surface area contributed by atoms with Crippen LogP contribution in [-0.4, -0.2) is 21.0 Å². The number of nitrogens with zero attached hydrogens (tertiary/aromatic N) is 1. The highest BCUT2D eigenvalue weighted by Gasteiger charge is 2.12. The van der Waals surface area contributed by atoms with Crippen LogP contribution in [0.2, 0.25) is 0 Å². The maximum atomic E-state index is 4.47. The van der Waals surface area contributed by atoms with Gasteiger partial charge in [-0.1, -0.05) is 32.5 Å². The first-order chi connectivity index (χ1) is 7.48. The molecule has 86 valence electrons. The van der Waals surface area contributed by atoms with E-state index in [-0.39, 0.29) is 4.75 Å². The lowest BCUT2D eigenvalue weighted by Gasteiger charge is -2.17. The minimum Gasteiger partial charge on any atom is -0.333 e. The molecule has 16 heavy (non-hydrogen) atoms. The van der Waals surface area contributed by atoms with Crippen LogP contribution in [0.1, 0.15) is 20.8 Å². The summed E-state index contributed by atoms with van der Waals surface area (Å²) in [6, 6.07) is 6.40. The van der Waals surface area contributed by atoms with Gasteiger partial charge in [0.25, 0.3) is 0 Å². The predicted molar refractivity (Wildman–Crippen MR) is 73.5 cm³/mol. The Morgan fingerprint density at radius 2 is 2.00 bits per heavy atom. The predicted octanol–water partition coefficient (Wildman–Crippen LogP) is 4.18. The van der Waals surface area contributed by atoms with E-state index in [0.717, 1.165) is 16.2 Å². The van der Waals surface area contributed by atoms with E-state index in [1.807, 2.05) is 18.0 Å². The van der Waals surface area contributed by atoms with E-state index in [4.69, 9.17) is 0 Å². The molecule has 0 bridgehead atoms. The molecule has 4 heteroatoms. The van der Waals surface area contributed by atoms with Crippen molar-refractivity contribution in [3.63, 3.8) is 0 Å². The molecule has 2 rings (SSSR count). The molecule has 1 aromatic carbocycles. The number of benzene rings is 1. The number of rotatable bonds is 2. The second-order valence-corrected chi connectivity index (χ2v) is 7.33. The van der Waals surface area contributed by atoms with E-state index in [1.54, 1.807) is 11.8 Å². The molecule has 0 saturated heterocycles. The number of hydrogen-bond donors (Lipinski definition) is 1. The van der Waals surface area contributed by atoms with E-state index in [0.29, 0.717) is 0 Å². The molecule has 1 aromatic heterocycles. The van der Waals surface area contributed by atoms with Crippen molar-refractivity contribution in [1.29, 1.82) is 0 Å². The van der Waals surface area contributed by atoms with Gasteiger partial charge in [-0.15, -0.1) is 11.8 Å². The standard InChI is InChI=1S/C12H16N2S2/c1-12(2,3)16-8-5-6-9-10(7-8)14-11(13-9)15-4/h5-7H,1-4H3,(H,13,14). The molecule has 2 aromatic rings. The van der Waals surface area contributed by atoms with Crippen LogP contribution < -0.4 is 0 Å². The van der Waals surface area contributed by atoms with Gasteiger partial charge in [0.1, 0.15) is 0 Å². The van der Waals surface area contributed by atoms with Crippen molar-refractivity contribution in [2.24, 2.45) is 0 Å². The lowest BCUT2D eigenvalue weighted by molar-refractivity contribution is 0.803. The van der Waals surface area contributed by atoms with E-state index in [9.17, 15) is 0 Å². The van der Waals surface area contributed by atoms with Crippen molar-refractivity contribution in [3.8, 4) is 0 Å². The Labute approximate surface area is 105 Å². The normalized spacial score (nSPS) is 12.2. The number of aromatic amines is 1. The van der Waals surface area contributed by atoms with Crippen LogP contribution in [0.15, 0.2) is 28.3 Å². The molecule has 2 nitrogen and oxygen atoms in total. The third kappa shape index (κ3) is 2.74. The minimum absolute atomic E-state index is 0.246. The number of hydrogen-bond acceptors (Lipinski definition) is 3. The van der Waals surface area contributed by atoms with E-state index in [2.05, 4.69) is 48.9 Å². The Hall–Kier alpha value is -0.610. The summed E-state index contributed by atoms with van der Waals surface area (Å²) in [4.78, 5) is 9.07. The number of imidazole rings is 1. The molecule has 1 heterocycles. The number of aromatic nitrogens is 2. The lowest BCUT2D eigenvalue weighted by atomic mass is 10.3. The Bertz CT molecular complexity index is 497. The first-order valence-electron chi connectivity index (χ1n) is 5.21. The summed E-state index contributed by atoms with van der Waals surface area (Å²) in [5.74, 6) is 0. The molecular weight excluding hydrogens is 236 g/mol. The van der Waals surface area contributed by atoms with Crippen molar-refractivity contribution in [3.05, 3.63) is 18.2 Å². The number of fused-ring (bicyclic) bond motifs is 1. The van der Waals surface area contributed by atoms with Crippen LogP contribution in [0, 0.1) is 0 Å². The van der Waals surface area contributed by atoms with Crippen molar-refractivity contribution < 1.29 is 0 Å². The quantitative estimate of drug-likeness (QED) is 0.813. The van der Waals surface area contributed by atoms with Crippen LogP contribution in [0.25, 0.3) is 11.0 Å². The molecule has 0 amide bonds. The Morgan fingerprint density at radius 3 is 2.62 bits per heavy atom. The van der Waals surface area contributed by atoms with Gasteiger partial charge in [0.2, 0.25) is 0 Å². The fourth-order valence-corrected chi connectivity index (χ4v) is 2.90. The molecule has 0 aliphatic rings. The maximum absolute atomic E-state index is 4.47. The van der Waals surface area contributed by atoms with Gasteiger partial charge in [-0.05, 0) is 24.5 Å². The average molecular weight is 252 g/mol. The lowest BCUT2D eigenvalue weighted by Crippen LogP contribution is -2.06. The molecule has 1 N–H and O–H groups in total. The number of nitrogens with one attached hydrogen (secondary N) is 1. The molecule has 0 spiro atoms. The van der Waals surface area contributed by atoms with Crippen LogP contribution in [0.5, 0.6) is 0 Å². The topological polar surface area (TPSA) is 28.7 Å². The van der Waals surface area contributed by atoms with Gasteiger partial charge < -0.3 is 4.98 Å². The number of thioether (sulfide) groups is 2. The van der Waals surface area contributed by atoms with Gasteiger partial charge >= 0.3 is 0 Å². The molecular formula is C12H16N2S2. The molecule has 0 aliphatic heterocycles. The SMILES string of the molecule is CSc1nc2ccc(SC(C)(C)C)cc2[nH]1. The summed E-state index contributed by atoms with van der Waals surface area (Å²) in [6.07, 6.45) is 2.03. The first-order valence-corrected chi connectivity index (χ1v) is 7.25. The highest BCUT2D eigenvalue weighted by molar-refractivity contribution is 8.00. The second-order valence-electron chi connectivity index (χ2n) is 4.64. The van der Waals surface area contributed by atoms with Gasteiger partial charge in [-0.25, -0.2) is 4.98 Å². The third-order valence-corrected chi connectivity index (χ3v) is 3.73. The largest absolute Gasteiger partial charge is 0.333 e. The summed E-state index contributed by atoms with van der Waals surface area (Å²) < 4.78 is 0.246. The highest BCUT2D eigenvalue weighted by atomic mass is 32.2. The monoisotopic (exact) mass is 252 g/mol. The molecule has 0 radical (unpaired) electrons. The van der Waals surface area contributed by atoms with Crippen molar-refractivity contribution in [2.75, 3.05) is 6.26 Å². The average Bonchev–Trinajstić information content (AvgIpc) is 2.57. The van der Waals surface area contributed by atoms with E-state index >= 15 is 0 Å². The maximum Gasteiger partial charge on any atom is 0.166 e. The Morgan fingerprint density at radius 1 is 1.25 bits per heavy atom. The summed E-state index contributed by atoms with van der Waals surface area (Å²) in [6.45, 7) is 6.67. The minimum atomic E-state index is 0.246. The third-order valence-electron chi connectivity index (χ3n) is 2.05. The highest BCUT2D eigenvalue weighted by Crippen LogP contribution is 2.33. The van der Waals surface area contributed by atoms with Gasteiger partial charge in [-0.3, -0.25) is 0 Å². The van der Waals surface area contributed by atoms with Crippen molar-refractivity contribution in [1.82, 2.24) is 9.97 Å². The van der Waals surface area contributed by atoms with Gasteiger partial charge in [-0.2, -0.15) is 0 Å². The van der Waals surface area contributed by atoms with Gasteiger partial charge in [0.15, 0.2) is 5.16 Å². The van der Waals surface area contributed by atoms with E-state index < -0.39 is 0 Å². The van der Waals surface area contributed by atoms with Crippen molar-refractivity contribution in [2.45, 2.75) is 35.6 Å². The van der Waals surface area contributed by atoms with Gasteiger partial charge in [0.05, 0.1) is 11.0 Å². The van der Waals surface area contributed by atoms with Crippen LogP contribution >= 0.6 is 23.5 Å². The zero-order valence-corrected chi connectivity index (χ0v) is 11.6. The summed E-state index contributed by atoms with van der Waals surface area (Å²) in [5.41, 5.74) is 2.17. The fourth-order valence-electron chi connectivity index (χ4n) is 1.48. The second kappa shape index (κ2) is 4.34. The zero-order valence-electron chi connectivity index (χ0n) is 10.00. The summed E-state index contributed by atoms with van der Waals surface area (Å²) in [7, 11) is 0. The molecule has 0 aliphatic carbocycles. The molecule has 0 fully saturated rings. The Balaban J connectivity index is 2.36. The summed E-state index contributed by atoms with van der Waals surface area (Å²) in [5, 5.41) is 0.980. The zero-order chi connectivity index (χ0) is 11.8. The van der Waals surface area contributed by atoms with Crippen molar-refractivity contribution >= 4 is 34.6 Å². The van der Waals surface area contributed by atoms with Crippen LogP contribution in [0.3, 0.4) is 0 Å². The first kappa shape index (κ1) is 11.9. The van der Waals surface area contributed by atoms with Gasteiger partial charge in [0, 0.05) is 9.64 Å². The fraction of sp³-hybridized carbons (Fsp3) is 0.417. The molecule has 0 atom stereocenters. The number of H-pyrrole nitrogens is 1. The van der Waals surface area contributed by atoms with Crippen LogP contribution in [0.4, 0.5) is 0 Å². The summed E-state index contributed by atoms with van der Waals surface area (Å²) >= 11 is 3.52. The smallest absolute Gasteiger partial charge is 0.166 e. The molecule has 0 saturated carbocycles. The molecule has 0 unspecified atom stereocenters. The van der Waals surface area contributed by atoms with E-state index in [1.165, 1.54) is 4.90 Å². The van der Waals surface area contributed by atoms with Crippen LogP contribution in [-0.2, 0) is 0 Å². The Kier molecular flexibility index (Phi) is 3.22.